The Kier molecular flexibility index (Phi) is 3.62. The van der Waals surface area contributed by atoms with Gasteiger partial charge in [-0.2, -0.15) is 5.26 Å². The van der Waals surface area contributed by atoms with E-state index in [9.17, 15) is 9.50 Å². The fourth-order valence-electron chi connectivity index (χ4n) is 1.64. The second-order valence-corrected chi connectivity index (χ2v) is 4.08. The molecule has 19 heavy (non-hydrogen) atoms. The van der Waals surface area contributed by atoms with Crippen LogP contribution in [-0.4, -0.2) is 10.1 Å². The van der Waals surface area contributed by atoms with Crippen molar-refractivity contribution >= 4 is 5.69 Å². The third-order valence-corrected chi connectivity index (χ3v) is 2.64. The number of pyridine rings is 1. The zero-order valence-electron chi connectivity index (χ0n) is 10.3. The molecule has 0 aliphatic carbocycles. The Bertz CT molecular complexity index is 650. The highest BCUT2D eigenvalue weighted by atomic mass is 19.1. The highest BCUT2D eigenvalue weighted by Gasteiger charge is 2.05. The maximum Gasteiger partial charge on any atom is 0.141 e. The summed E-state index contributed by atoms with van der Waals surface area (Å²) in [7, 11) is 0. The smallest absolute Gasteiger partial charge is 0.141 e. The van der Waals surface area contributed by atoms with Gasteiger partial charge in [0, 0.05) is 11.4 Å². The summed E-state index contributed by atoms with van der Waals surface area (Å²) in [5.41, 5.74) is 1.88. The summed E-state index contributed by atoms with van der Waals surface area (Å²) in [5, 5.41) is 21.4. The molecule has 96 valence electrons. The number of anilines is 1. The van der Waals surface area contributed by atoms with Crippen molar-refractivity contribution in [2.75, 3.05) is 5.32 Å². The maximum atomic E-state index is 13.1. The van der Waals surface area contributed by atoms with E-state index in [1.807, 2.05) is 6.92 Å². The van der Waals surface area contributed by atoms with E-state index in [0.29, 0.717) is 17.9 Å². The van der Waals surface area contributed by atoms with Crippen LogP contribution in [0.5, 0.6) is 5.75 Å². The predicted octanol–water partition coefficient (Wildman–Crippen LogP) is 2.72. The molecule has 5 heteroatoms. The number of nitrogens with one attached hydrogen (secondary N) is 1. The average Bonchev–Trinajstić information content (AvgIpc) is 2.41. The number of halogens is 1. The van der Waals surface area contributed by atoms with Gasteiger partial charge in [-0.3, -0.25) is 4.98 Å². The SMILES string of the molecule is Cc1ccc(O)c(CNc2ccc(F)c(C#N)c2)n1. The monoisotopic (exact) mass is 257 g/mol. The minimum atomic E-state index is -0.551. The van der Waals surface area contributed by atoms with Crippen LogP contribution in [-0.2, 0) is 6.54 Å². The van der Waals surface area contributed by atoms with Crippen LogP contribution >= 0.6 is 0 Å². The molecule has 2 aromatic rings. The van der Waals surface area contributed by atoms with Crippen molar-refractivity contribution in [2.24, 2.45) is 0 Å². The highest BCUT2D eigenvalue weighted by molar-refractivity contribution is 5.50. The highest BCUT2D eigenvalue weighted by Crippen LogP contribution is 2.18. The number of benzene rings is 1. The number of aromatic nitrogens is 1. The van der Waals surface area contributed by atoms with E-state index in [-0.39, 0.29) is 11.3 Å². The topological polar surface area (TPSA) is 68.9 Å². The molecule has 0 amide bonds. The van der Waals surface area contributed by atoms with E-state index in [2.05, 4.69) is 10.3 Å². The summed E-state index contributed by atoms with van der Waals surface area (Å²) in [5.74, 6) is -0.453. The zero-order chi connectivity index (χ0) is 13.8. The molecule has 0 saturated carbocycles. The summed E-state index contributed by atoms with van der Waals surface area (Å²) in [6.45, 7) is 2.12. The van der Waals surface area contributed by atoms with Gasteiger partial charge in [-0.15, -0.1) is 0 Å². The van der Waals surface area contributed by atoms with Crippen molar-refractivity contribution in [1.29, 1.82) is 5.26 Å². The molecule has 0 aliphatic rings. The molecule has 0 saturated heterocycles. The second kappa shape index (κ2) is 5.36. The minimum Gasteiger partial charge on any atom is -0.506 e. The number of hydrogen-bond acceptors (Lipinski definition) is 4. The lowest BCUT2D eigenvalue weighted by molar-refractivity contribution is 0.464. The van der Waals surface area contributed by atoms with Crippen LogP contribution in [0.3, 0.4) is 0 Å². The van der Waals surface area contributed by atoms with Crippen molar-refractivity contribution in [2.45, 2.75) is 13.5 Å². The quantitative estimate of drug-likeness (QED) is 0.887. The van der Waals surface area contributed by atoms with E-state index in [1.165, 1.54) is 18.2 Å². The summed E-state index contributed by atoms with van der Waals surface area (Å²) >= 11 is 0. The Morgan fingerprint density at radius 1 is 1.37 bits per heavy atom. The van der Waals surface area contributed by atoms with Gasteiger partial charge in [-0.25, -0.2) is 4.39 Å². The van der Waals surface area contributed by atoms with Crippen molar-refractivity contribution < 1.29 is 9.50 Å². The molecule has 0 spiro atoms. The van der Waals surface area contributed by atoms with Gasteiger partial charge < -0.3 is 10.4 Å². The van der Waals surface area contributed by atoms with Crippen molar-refractivity contribution in [1.82, 2.24) is 4.98 Å². The standard InChI is InChI=1S/C14H12FN3O/c1-9-2-5-14(19)13(18-9)8-17-11-3-4-12(15)10(6-11)7-16/h2-6,17,19H,8H2,1H3. The predicted molar refractivity (Wildman–Crippen MR) is 69.1 cm³/mol. The molecule has 1 aromatic carbocycles. The molecule has 0 atom stereocenters. The van der Waals surface area contributed by atoms with Crippen molar-refractivity contribution in [3.63, 3.8) is 0 Å². The Hall–Kier alpha value is -2.61. The Morgan fingerprint density at radius 3 is 2.89 bits per heavy atom. The van der Waals surface area contributed by atoms with Gasteiger partial charge in [0.1, 0.15) is 23.3 Å². The summed E-state index contributed by atoms with van der Waals surface area (Å²) in [6.07, 6.45) is 0. The largest absolute Gasteiger partial charge is 0.506 e. The number of aromatic hydroxyl groups is 1. The average molecular weight is 257 g/mol. The van der Waals surface area contributed by atoms with Crippen LogP contribution in [0, 0.1) is 24.1 Å². The lowest BCUT2D eigenvalue weighted by Crippen LogP contribution is -2.03. The van der Waals surface area contributed by atoms with Crippen LogP contribution in [0.15, 0.2) is 30.3 Å². The van der Waals surface area contributed by atoms with Crippen LogP contribution in [0.25, 0.3) is 0 Å². The van der Waals surface area contributed by atoms with E-state index < -0.39 is 5.82 Å². The van der Waals surface area contributed by atoms with Gasteiger partial charge in [-0.05, 0) is 37.3 Å². The van der Waals surface area contributed by atoms with E-state index >= 15 is 0 Å². The van der Waals surface area contributed by atoms with Crippen LogP contribution in [0.2, 0.25) is 0 Å². The Balaban J connectivity index is 2.15. The molecule has 1 heterocycles. The molecule has 0 aliphatic heterocycles. The van der Waals surface area contributed by atoms with E-state index in [0.717, 1.165) is 5.69 Å². The van der Waals surface area contributed by atoms with Gasteiger partial charge in [0.05, 0.1) is 12.1 Å². The zero-order valence-corrected chi connectivity index (χ0v) is 10.3. The minimum absolute atomic E-state index is 0.0218. The third-order valence-electron chi connectivity index (χ3n) is 2.64. The fourth-order valence-corrected chi connectivity index (χ4v) is 1.64. The number of aryl methyl sites for hydroxylation is 1. The molecule has 4 nitrogen and oxygen atoms in total. The maximum absolute atomic E-state index is 13.1. The molecule has 0 bridgehead atoms. The fraction of sp³-hybridized carbons (Fsp3) is 0.143. The molecule has 2 N–H and O–H groups in total. The molecule has 0 unspecified atom stereocenters. The van der Waals surface area contributed by atoms with Gasteiger partial charge in [0.2, 0.25) is 0 Å². The summed E-state index contributed by atoms with van der Waals surface area (Å²) < 4.78 is 13.1. The van der Waals surface area contributed by atoms with E-state index in [4.69, 9.17) is 5.26 Å². The molecule has 1 aromatic heterocycles. The third kappa shape index (κ3) is 2.99. The molecule has 0 radical (unpaired) electrons. The molecular weight excluding hydrogens is 245 g/mol. The van der Waals surface area contributed by atoms with Gasteiger partial charge in [0.25, 0.3) is 0 Å². The Labute approximate surface area is 110 Å². The van der Waals surface area contributed by atoms with Gasteiger partial charge in [0.15, 0.2) is 0 Å². The van der Waals surface area contributed by atoms with Crippen molar-refractivity contribution in [3.8, 4) is 11.8 Å². The Morgan fingerprint density at radius 2 is 2.16 bits per heavy atom. The van der Waals surface area contributed by atoms with Crippen LogP contribution < -0.4 is 5.32 Å². The van der Waals surface area contributed by atoms with Gasteiger partial charge >= 0.3 is 0 Å². The lowest BCUT2D eigenvalue weighted by atomic mass is 10.2. The van der Waals surface area contributed by atoms with Gasteiger partial charge in [-0.1, -0.05) is 0 Å². The first-order valence-electron chi connectivity index (χ1n) is 5.69. The van der Waals surface area contributed by atoms with E-state index in [1.54, 1.807) is 18.2 Å². The van der Waals surface area contributed by atoms with Crippen LogP contribution in [0.1, 0.15) is 17.0 Å². The first-order chi connectivity index (χ1) is 9.10. The number of nitrogens with zero attached hydrogens (tertiary/aromatic N) is 2. The molecule has 2 rings (SSSR count). The normalized spacial score (nSPS) is 9.95. The molecule has 0 fully saturated rings. The number of nitriles is 1. The van der Waals surface area contributed by atoms with Crippen LogP contribution in [0.4, 0.5) is 10.1 Å². The number of rotatable bonds is 3. The summed E-state index contributed by atoms with van der Waals surface area (Å²) in [6, 6.07) is 9.24. The first kappa shape index (κ1) is 12.8. The lowest BCUT2D eigenvalue weighted by Gasteiger charge is -2.08. The molecular formula is C14H12FN3O. The summed E-state index contributed by atoms with van der Waals surface area (Å²) in [4.78, 5) is 4.20. The first-order valence-corrected chi connectivity index (χ1v) is 5.69. The van der Waals surface area contributed by atoms with Crippen molar-refractivity contribution in [3.05, 3.63) is 53.1 Å². The second-order valence-electron chi connectivity index (χ2n) is 4.08. The number of hydrogen-bond donors (Lipinski definition) is 2.